The van der Waals surface area contributed by atoms with Gasteiger partial charge in [0.2, 0.25) is 5.78 Å². The second-order valence-electron chi connectivity index (χ2n) is 7.39. The van der Waals surface area contributed by atoms with Crippen molar-refractivity contribution in [1.82, 2.24) is 0 Å². The molecule has 1 aromatic carbocycles. The van der Waals surface area contributed by atoms with Crippen molar-refractivity contribution in [2.24, 2.45) is 0 Å². The van der Waals surface area contributed by atoms with Gasteiger partial charge in [-0.05, 0) is 11.5 Å². The highest BCUT2D eigenvalue weighted by Gasteiger charge is 2.09. The molecule has 1 rings (SSSR count). The van der Waals surface area contributed by atoms with Crippen molar-refractivity contribution in [3.05, 3.63) is 35.9 Å². The third-order valence-electron chi connectivity index (χ3n) is 2.31. The van der Waals surface area contributed by atoms with Crippen LogP contribution in [0.15, 0.2) is 30.3 Å². The topological polar surface area (TPSA) is 37.3 Å². The Bertz CT molecular complexity index is 615. The molecule has 0 amide bonds. The highest BCUT2D eigenvalue weighted by molar-refractivity contribution is 6.84. The minimum absolute atomic E-state index is 0.0302. The van der Waals surface area contributed by atoms with E-state index in [1.165, 1.54) is 6.92 Å². The highest BCUT2D eigenvalue weighted by atomic mass is 28.3. The fourth-order valence-corrected chi connectivity index (χ4v) is 2.40. The lowest BCUT2D eigenvalue weighted by molar-refractivity contribution is -0.111. The van der Waals surface area contributed by atoms with Crippen molar-refractivity contribution in [3.63, 3.8) is 0 Å². The van der Waals surface area contributed by atoms with Gasteiger partial charge in [-0.3, -0.25) is 4.79 Å². The van der Waals surface area contributed by atoms with E-state index in [4.69, 9.17) is 0 Å². The molecule has 124 valence electrons. The Hall–Kier alpha value is -1.60. The van der Waals surface area contributed by atoms with Crippen LogP contribution in [0, 0.1) is 22.9 Å². The van der Waals surface area contributed by atoms with Crippen molar-refractivity contribution in [1.29, 1.82) is 0 Å². The second kappa shape index (κ2) is 9.52. The number of hydrogen-bond donors (Lipinski definition) is 1. The van der Waals surface area contributed by atoms with Crippen molar-refractivity contribution < 1.29 is 9.90 Å². The number of rotatable bonds is 1. The summed E-state index contributed by atoms with van der Waals surface area (Å²) in [6, 6.07) is 9.54. The zero-order valence-corrected chi connectivity index (χ0v) is 17.3. The van der Waals surface area contributed by atoms with Gasteiger partial charge in [0.1, 0.15) is 22.3 Å². The predicted octanol–water partition coefficient (Wildman–Crippen LogP) is 4.06. The van der Waals surface area contributed by atoms with Crippen LogP contribution in [-0.4, -0.2) is 27.0 Å². The van der Waals surface area contributed by atoms with Crippen LogP contribution in [0.5, 0.6) is 0 Å². The van der Waals surface area contributed by atoms with E-state index in [1.54, 1.807) is 0 Å². The maximum absolute atomic E-state index is 10.3. The van der Waals surface area contributed by atoms with Crippen molar-refractivity contribution >= 4 is 21.9 Å². The first-order valence-corrected chi connectivity index (χ1v) is 14.7. The summed E-state index contributed by atoms with van der Waals surface area (Å²) in [5.74, 6) is 5.43. The fourth-order valence-electron chi connectivity index (χ4n) is 1.28. The number of hydrogen-bond acceptors (Lipinski definition) is 2. The molecule has 0 heterocycles. The average molecular weight is 345 g/mol. The van der Waals surface area contributed by atoms with E-state index in [0.717, 1.165) is 5.56 Å². The molecule has 1 atom stereocenters. The Morgan fingerprint density at radius 2 is 1.43 bits per heavy atom. The van der Waals surface area contributed by atoms with E-state index >= 15 is 0 Å². The van der Waals surface area contributed by atoms with Gasteiger partial charge in [-0.25, -0.2) is 0 Å². The summed E-state index contributed by atoms with van der Waals surface area (Å²) < 4.78 is 0. The van der Waals surface area contributed by atoms with E-state index in [0.29, 0.717) is 0 Å². The van der Waals surface area contributed by atoms with Crippen LogP contribution in [0.25, 0.3) is 0 Å². The van der Waals surface area contributed by atoms with E-state index in [-0.39, 0.29) is 5.78 Å². The summed E-state index contributed by atoms with van der Waals surface area (Å²) in [5.41, 5.74) is 6.99. The summed E-state index contributed by atoms with van der Waals surface area (Å²) in [5, 5.41) is 9.73. The first-order chi connectivity index (χ1) is 10.4. The van der Waals surface area contributed by atoms with E-state index in [2.05, 4.69) is 62.2 Å². The molecule has 0 spiro atoms. The third-order valence-corrected chi connectivity index (χ3v) is 4.08. The maximum atomic E-state index is 10.3. The van der Waals surface area contributed by atoms with Gasteiger partial charge in [-0.2, -0.15) is 0 Å². The molecule has 23 heavy (non-hydrogen) atoms. The van der Waals surface area contributed by atoms with E-state index in [1.807, 2.05) is 30.3 Å². The molecule has 4 heteroatoms. The first kappa shape index (κ1) is 21.4. The van der Waals surface area contributed by atoms with Gasteiger partial charge < -0.3 is 5.11 Å². The lowest BCUT2D eigenvalue weighted by Gasteiger charge is -2.06. The van der Waals surface area contributed by atoms with Gasteiger partial charge >= 0.3 is 0 Å². The molecule has 1 aromatic rings. The van der Waals surface area contributed by atoms with Crippen molar-refractivity contribution in [3.8, 4) is 22.9 Å². The number of carbonyl (C=O) groups is 1. The molecule has 1 N–H and O–H groups in total. The highest BCUT2D eigenvalue weighted by Crippen LogP contribution is 2.11. The molecule has 0 saturated heterocycles. The molecule has 1 unspecified atom stereocenters. The average Bonchev–Trinajstić information content (AvgIpc) is 2.43. The van der Waals surface area contributed by atoms with Crippen LogP contribution in [-0.2, 0) is 4.79 Å². The second-order valence-corrected chi connectivity index (χ2v) is 16.9. The zero-order valence-electron chi connectivity index (χ0n) is 15.3. The van der Waals surface area contributed by atoms with Crippen LogP contribution < -0.4 is 0 Å². The van der Waals surface area contributed by atoms with Gasteiger partial charge in [-0.15, -0.1) is 11.1 Å². The van der Waals surface area contributed by atoms with Crippen LogP contribution in [0.1, 0.15) is 18.6 Å². The molecule has 0 fully saturated rings. The van der Waals surface area contributed by atoms with Crippen LogP contribution in [0.3, 0.4) is 0 Å². The summed E-state index contributed by atoms with van der Waals surface area (Å²) in [7, 11) is -2.68. The smallest absolute Gasteiger partial charge is 0.201 e. The monoisotopic (exact) mass is 344 g/mol. The lowest BCUT2D eigenvalue weighted by atomic mass is 10.1. The van der Waals surface area contributed by atoms with Crippen LogP contribution in [0.4, 0.5) is 0 Å². The van der Waals surface area contributed by atoms with Gasteiger partial charge in [0.15, 0.2) is 0 Å². The Balaban J connectivity index is 0.000000468. The Morgan fingerprint density at radius 3 is 1.78 bits per heavy atom. The quantitative estimate of drug-likeness (QED) is 0.616. The Kier molecular flexibility index (Phi) is 8.86. The predicted molar refractivity (Wildman–Crippen MR) is 104 cm³/mol. The van der Waals surface area contributed by atoms with Gasteiger partial charge in [0, 0.05) is 6.92 Å². The Morgan fingerprint density at radius 1 is 0.957 bits per heavy atom. The van der Waals surface area contributed by atoms with Crippen LogP contribution in [0.2, 0.25) is 39.3 Å². The molecular weight excluding hydrogens is 316 g/mol. The fraction of sp³-hybridized carbons (Fsp3) is 0.421. The zero-order chi connectivity index (χ0) is 18.1. The molecule has 0 aromatic heterocycles. The summed E-state index contributed by atoms with van der Waals surface area (Å²) >= 11 is 0. The van der Waals surface area contributed by atoms with Gasteiger partial charge in [-0.1, -0.05) is 75.5 Å². The van der Waals surface area contributed by atoms with E-state index in [9.17, 15) is 9.90 Å². The van der Waals surface area contributed by atoms with Crippen molar-refractivity contribution in [2.75, 3.05) is 0 Å². The third kappa shape index (κ3) is 13.8. The molecule has 0 saturated carbocycles. The molecule has 0 radical (unpaired) electrons. The Labute approximate surface area is 143 Å². The standard InChI is InChI=1S/C12H16OSi.C7H12OSi/c1-14(2,3)10-9-12(13)11-7-5-4-6-8-11;1-7(8)5-6-9(2,3)4/h4-8,12-13H,1-3H3;1-4H3. The minimum atomic E-state index is -1.37. The number of ketones is 1. The number of benzene rings is 1. The number of carbonyl (C=O) groups excluding carboxylic acids is 1. The number of aliphatic hydroxyl groups excluding tert-OH is 1. The summed E-state index contributed by atoms with van der Waals surface area (Å²) in [6.07, 6.45) is -0.636. The molecular formula is C19H28O2Si2. The summed E-state index contributed by atoms with van der Waals surface area (Å²) in [6.45, 7) is 14.3. The largest absolute Gasteiger partial charge is 0.376 e. The van der Waals surface area contributed by atoms with Gasteiger partial charge in [0.25, 0.3) is 0 Å². The molecule has 0 aliphatic heterocycles. The molecule has 0 bridgehead atoms. The molecule has 0 aliphatic rings. The van der Waals surface area contributed by atoms with E-state index < -0.39 is 22.3 Å². The SMILES string of the molecule is CC(=O)C#C[Si](C)(C)C.C[Si](C)(C)C#CC(O)c1ccccc1. The lowest BCUT2D eigenvalue weighted by Crippen LogP contribution is -2.16. The number of Topliss-reactive ketones (excluding diaryl/α,β-unsaturated/α-hetero) is 1. The molecule has 0 aliphatic carbocycles. The normalized spacial score (nSPS) is 11.7. The van der Waals surface area contributed by atoms with Gasteiger partial charge in [0.05, 0.1) is 0 Å². The number of aliphatic hydroxyl groups is 1. The van der Waals surface area contributed by atoms with Crippen molar-refractivity contribution in [2.45, 2.75) is 52.3 Å². The minimum Gasteiger partial charge on any atom is -0.376 e. The van der Waals surface area contributed by atoms with Crippen LogP contribution >= 0.6 is 0 Å². The molecule has 2 nitrogen and oxygen atoms in total. The summed E-state index contributed by atoms with van der Waals surface area (Å²) in [4.78, 5) is 10.3. The first-order valence-electron chi connectivity index (χ1n) is 7.70. The maximum Gasteiger partial charge on any atom is 0.201 e.